The van der Waals surface area contributed by atoms with Gasteiger partial charge in [0.2, 0.25) is 0 Å². The molecular weight excluding hydrogens is 166 g/mol. The van der Waals surface area contributed by atoms with Crippen molar-refractivity contribution in [2.75, 3.05) is 7.05 Å². The van der Waals surface area contributed by atoms with E-state index in [-0.39, 0.29) is 9.68 Å². The lowest BCUT2D eigenvalue weighted by atomic mass is 9.96. The van der Waals surface area contributed by atoms with E-state index >= 15 is 0 Å². The van der Waals surface area contributed by atoms with Gasteiger partial charge in [0.1, 0.15) is 0 Å². The maximum atomic E-state index is 2.71. The molecule has 1 fully saturated rings. The van der Waals surface area contributed by atoms with E-state index in [4.69, 9.17) is 0 Å². The van der Waals surface area contributed by atoms with Gasteiger partial charge in [-0.15, -0.1) is 0 Å². The van der Waals surface area contributed by atoms with Crippen LogP contribution in [0.1, 0.15) is 32.1 Å². The third-order valence-corrected chi connectivity index (χ3v) is 5.79. The predicted molar refractivity (Wildman–Crippen MR) is 57.9 cm³/mol. The van der Waals surface area contributed by atoms with Gasteiger partial charge in [0.15, 0.2) is 0 Å². The van der Waals surface area contributed by atoms with Crippen molar-refractivity contribution >= 4 is 19.9 Å². The molecule has 0 aromatic heterocycles. The Morgan fingerprint density at radius 2 is 2.00 bits per heavy atom. The maximum absolute atomic E-state index is 2.71. The summed E-state index contributed by atoms with van der Waals surface area (Å²) in [5.74, 6) is 0. The van der Waals surface area contributed by atoms with Gasteiger partial charge in [-0.2, -0.15) is 0 Å². The van der Waals surface area contributed by atoms with Crippen molar-refractivity contribution in [1.29, 1.82) is 0 Å². The highest BCUT2D eigenvalue weighted by Gasteiger charge is 2.16. The van der Waals surface area contributed by atoms with Crippen LogP contribution in [0.4, 0.5) is 0 Å². The minimum atomic E-state index is 0.196. The highest BCUT2D eigenvalue weighted by Crippen LogP contribution is 2.20. The molecule has 66 valence electrons. The lowest BCUT2D eigenvalue weighted by Gasteiger charge is -2.30. The fourth-order valence-corrected chi connectivity index (χ4v) is 5.61. The van der Waals surface area contributed by atoms with Gasteiger partial charge < -0.3 is 4.57 Å². The Hall–Kier alpha value is 0.394. The van der Waals surface area contributed by atoms with Crippen LogP contribution in [-0.2, 0) is 0 Å². The van der Waals surface area contributed by atoms with E-state index < -0.39 is 0 Å². The molecule has 0 aliphatic heterocycles. The Kier molecular flexibility index (Phi) is 4.41. The molecule has 0 amide bonds. The summed E-state index contributed by atoms with van der Waals surface area (Å²) in [4.78, 5) is 0. The van der Waals surface area contributed by atoms with Crippen LogP contribution in [0.3, 0.4) is 0 Å². The van der Waals surface area contributed by atoms with Crippen molar-refractivity contribution < 1.29 is 0 Å². The van der Waals surface area contributed by atoms with Crippen molar-refractivity contribution in [3.63, 3.8) is 0 Å². The van der Waals surface area contributed by atoms with Gasteiger partial charge in [0.25, 0.3) is 0 Å². The molecule has 0 saturated heterocycles. The average molecular weight is 187 g/mol. The van der Waals surface area contributed by atoms with Crippen molar-refractivity contribution in [2.45, 2.75) is 43.8 Å². The third-order valence-electron chi connectivity index (χ3n) is 2.77. The fourth-order valence-electron chi connectivity index (χ4n) is 2.06. The molecular formula is C8H21NSi2. The maximum Gasteiger partial charge on any atom is 0.0916 e. The van der Waals surface area contributed by atoms with Gasteiger partial charge >= 0.3 is 0 Å². The number of hydrogen-bond acceptors (Lipinski definition) is 1. The van der Waals surface area contributed by atoms with E-state index in [1.807, 2.05) is 0 Å². The summed E-state index contributed by atoms with van der Waals surface area (Å²) in [5, 5.41) is 0. The summed E-state index contributed by atoms with van der Waals surface area (Å²) in [5.41, 5.74) is 1.58. The van der Waals surface area contributed by atoms with Crippen molar-refractivity contribution in [3.8, 4) is 0 Å². The van der Waals surface area contributed by atoms with Crippen LogP contribution in [0.25, 0.3) is 0 Å². The minimum Gasteiger partial charge on any atom is -0.329 e. The quantitative estimate of drug-likeness (QED) is 0.566. The van der Waals surface area contributed by atoms with Crippen LogP contribution in [0.2, 0.25) is 5.67 Å². The second-order valence-electron chi connectivity index (χ2n) is 3.77. The van der Waals surface area contributed by atoms with Crippen LogP contribution in [-0.4, -0.2) is 37.6 Å². The standard InChI is InChI=1S/C8H21NSi2/c1-9(11-7-10)8-5-3-2-4-6-8/h8H,2-7,11H2,1,10H3. The van der Waals surface area contributed by atoms with E-state index in [1.165, 1.54) is 42.3 Å². The van der Waals surface area contributed by atoms with Crippen LogP contribution in [0.15, 0.2) is 0 Å². The van der Waals surface area contributed by atoms with Crippen LogP contribution in [0.5, 0.6) is 0 Å². The topological polar surface area (TPSA) is 3.24 Å². The SMILES string of the molecule is CN([SiH2]C[SiH3])C1CCCCC1. The van der Waals surface area contributed by atoms with Gasteiger partial charge in [-0.25, -0.2) is 0 Å². The lowest BCUT2D eigenvalue weighted by molar-refractivity contribution is 0.291. The summed E-state index contributed by atoms with van der Waals surface area (Å²) in [6, 6.07) is 0.990. The molecule has 0 spiro atoms. The number of hydrogen-bond donors (Lipinski definition) is 0. The Balaban J connectivity index is 2.21. The smallest absolute Gasteiger partial charge is 0.0916 e. The Morgan fingerprint density at radius 1 is 1.36 bits per heavy atom. The molecule has 0 aromatic carbocycles. The molecule has 3 heteroatoms. The Morgan fingerprint density at radius 3 is 2.55 bits per heavy atom. The molecule has 0 unspecified atom stereocenters. The predicted octanol–water partition coefficient (Wildman–Crippen LogP) is 0.0759. The summed E-state index contributed by atoms with van der Waals surface area (Å²) in [6.45, 7) is 0. The van der Waals surface area contributed by atoms with Gasteiger partial charge in [0.05, 0.1) is 9.68 Å². The highest BCUT2D eigenvalue weighted by molar-refractivity contribution is 6.44. The van der Waals surface area contributed by atoms with Crippen molar-refractivity contribution in [3.05, 3.63) is 0 Å². The lowest BCUT2D eigenvalue weighted by Crippen LogP contribution is -2.36. The van der Waals surface area contributed by atoms with Crippen molar-refractivity contribution in [2.24, 2.45) is 0 Å². The van der Waals surface area contributed by atoms with E-state index in [2.05, 4.69) is 11.6 Å². The number of nitrogens with zero attached hydrogens (tertiary/aromatic N) is 1. The second-order valence-corrected chi connectivity index (χ2v) is 9.22. The largest absolute Gasteiger partial charge is 0.329 e. The normalized spacial score (nSPS) is 22.4. The highest BCUT2D eigenvalue weighted by atomic mass is 28.3. The zero-order valence-corrected chi connectivity index (χ0v) is 11.4. The first-order valence-electron chi connectivity index (χ1n) is 5.05. The third kappa shape index (κ3) is 3.09. The molecule has 0 radical (unpaired) electrons. The molecule has 0 N–H and O–H groups in total. The zero-order valence-electron chi connectivity index (χ0n) is 7.97. The molecule has 0 heterocycles. The summed E-state index contributed by atoms with van der Waals surface area (Å²) in [6.07, 6.45) is 7.46. The molecule has 1 saturated carbocycles. The van der Waals surface area contributed by atoms with Crippen LogP contribution in [0, 0.1) is 0 Å². The average Bonchev–Trinajstić information content (AvgIpc) is 2.07. The van der Waals surface area contributed by atoms with Gasteiger partial charge in [-0.05, 0) is 19.9 Å². The fraction of sp³-hybridized carbons (Fsp3) is 1.00. The first kappa shape index (κ1) is 9.48. The monoisotopic (exact) mass is 187 g/mol. The molecule has 11 heavy (non-hydrogen) atoms. The van der Waals surface area contributed by atoms with Crippen LogP contribution < -0.4 is 0 Å². The van der Waals surface area contributed by atoms with E-state index in [1.54, 1.807) is 5.67 Å². The van der Waals surface area contributed by atoms with Gasteiger partial charge in [-0.1, -0.05) is 24.9 Å². The zero-order chi connectivity index (χ0) is 8.10. The van der Waals surface area contributed by atoms with Crippen LogP contribution >= 0.6 is 0 Å². The summed E-state index contributed by atoms with van der Waals surface area (Å²) < 4.78 is 2.71. The van der Waals surface area contributed by atoms with Gasteiger partial charge in [0, 0.05) is 16.3 Å². The molecule has 0 atom stereocenters. The molecule has 1 aliphatic carbocycles. The van der Waals surface area contributed by atoms with E-state index in [9.17, 15) is 0 Å². The minimum absolute atomic E-state index is 0.196. The molecule has 1 rings (SSSR count). The molecule has 0 bridgehead atoms. The first-order valence-corrected chi connectivity index (χ1v) is 8.09. The molecule has 1 nitrogen and oxygen atoms in total. The van der Waals surface area contributed by atoms with E-state index in [0.717, 1.165) is 6.04 Å². The Labute approximate surface area is 75.9 Å². The number of rotatable bonds is 3. The first-order chi connectivity index (χ1) is 5.34. The molecule has 1 aliphatic rings. The van der Waals surface area contributed by atoms with Gasteiger partial charge in [-0.3, -0.25) is 0 Å². The summed E-state index contributed by atoms with van der Waals surface area (Å²) >= 11 is 0. The second kappa shape index (κ2) is 5.11. The van der Waals surface area contributed by atoms with E-state index in [0.29, 0.717) is 0 Å². The van der Waals surface area contributed by atoms with Crippen molar-refractivity contribution in [1.82, 2.24) is 4.57 Å². The Bertz CT molecular complexity index is 102. The summed E-state index contributed by atoms with van der Waals surface area (Å²) in [7, 11) is 3.98. The molecule has 0 aromatic rings.